The molecule has 0 amide bonds. The standard InChI is InChI=1S/C30H27N/c1-22-4-3-5-26(18-22)8-6-24-10-14-28(15-11-24)29-16-12-25(13-17-29)7-9-27-19-23(2)20-30(31)21-27/h3-21H,31H2,1-2H3/b8-6+,9-7+. The highest BCUT2D eigenvalue weighted by Gasteiger charge is 1.98. The Labute approximate surface area is 185 Å². The summed E-state index contributed by atoms with van der Waals surface area (Å²) >= 11 is 0. The highest BCUT2D eigenvalue weighted by molar-refractivity contribution is 5.75. The Morgan fingerprint density at radius 2 is 1.00 bits per heavy atom. The minimum absolute atomic E-state index is 0.798. The lowest BCUT2D eigenvalue weighted by molar-refractivity contribution is 1.46. The maximum atomic E-state index is 5.94. The molecule has 4 aromatic carbocycles. The fourth-order valence-electron chi connectivity index (χ4n) is 3.67. The van der Waals surface area contributed by atoms with Crippen molar-refractivity contribution in [1.29, 1.82) is 0 Å². The molecule has 0 spiro atoms. The minimum atomic E-state index is 0.798. The molecule has 0 aliphatic heterocycles. The van der Waals surface area contributed by atoms with Crippen LogP contribution in [0.3, 0.4) is 0 Å². The first-order valence-electron chi connectivity index (χ1n) is 10.6. The monoisotopic (exact) mass is 401 g/mol. The Morgan fingerprint density at radius 3 is 1.55 bits per heavy atom. The van der Waals surface area contributed by atoms with E-state index in [4.69, 9.17) is 5.73 Å². The zero-order chi connectivity index (χ0) is 21.6. The largest absolute Gasteiger partial charge is 0.399 e. The molecule has 1 heteroatoms. The van der Waals surface area contributed by atoms with Crippen LogP contribution in [0.25, 0.3) is 35.4 Å². The van der Waals surface area contributed by atoms with E-state index in [0.29, 0.717) is 0 Å². The fourth-order valence-corrected chi connectivity index (χ4v) is 3.67. The van der Waals surface area contributed by atoms with Gasteiger partial charge >= 0.3 is 0 Å². The van der Waals surface area contributed by atoms with Crippen LogP contribution in [-0.4, -0.2) is 0 Å². The highest BCUT2D eigenvalue weighted by atomic mass is 14.5. The lowest BCUT2D eigenvalue weighted by Gasteiger charge is -2.04. The lowest BCUT2D eigenvalue weighted by atomic mass is 10.0. The summed E-state index contributed by atoms with van der Waals surface area (Å²) in [5.74, 6) is 0. The topological polar surface area (TPSA) is 26.0 Å². The molecule has 0 radical (unpaired) electrons. The predicted molar refractivity (Wildman–Crippen MR) is 137 cm³/mol. The molecule has 0 aliphatic carbocycles. The number of benzene rings is 4. The van der Waals surface area contributed by atoms with Crippen LogP contribution in [0.4, 0.5) is 5.69 Å². The molecule has 0 fully saturated rings. The summed E-state index contributed by atoms with van der Waals surface area (Å²) in [6.45, 7) is 4.18. The summed E-state index contributed by atoms with van der Waals surface area (Å²) in [6, 6.07) is 32.0. The van der Waals surface area contributed by atoms with Crippen molar-refractivity contribution in [2.75, 3.05) is 5.73 Å². The van der Waals surface area contributed by atoms with Crippen molar-refractivity contribution in [1.82, 2.24) is 0 Å². The molecule has 0 atom stereocenters. The van der Waals surface area contributed by atoms with Gasteiger partial charge in [0.25, 0.3) is 0 Å². The van der Waals surface area contributed by atoms with Gasteiger partial charge in [-0.3, -0.25) is 0 Å². The second-order valence-corrected chi connectivity index (χ2v) is 8.00. The Bertz CT molecular complexity index is 1210. The summed E-state index contributed by atoms with van der Waals surface area (Å²) in [6.07, 6.45) is 8.54. The molecule has 0 bridgehead atoms. The highest BCUT2D eigenvalue weighted by Crippen LogP contribution is 2.22. The number of hydrogen-bond donors (Lipinski definition) is 1. The minimum Gasteiger partial charge on any atom is -0.399 e. The third kappa shape index (κ3) is 5.61. The van der Waals surface area contributed by atoms with Crippen molar-refractivity contribution in [2.24, 2.45) is 0 Å². The number of anilines is 1. The average molecular weight is 402 g/mol. The van der Waals surface area contributed by atoms with E-state index >= 15 is 0 Å². The smallest absolute Gasteiger partial charge is 0.0322 e. The van der Waals surface area contributed by atoms with Gasteiger partial charge in [0.05, 0.1) is 0 Å². The molecule has 4 rings (SSSR count). The molecule has 0 unspecified atom stereocenters. The molecule has 0 heterocycles. The third-order valence-corrected chi connectivity index (χ3v) is 5.26. The third-order valence-electron chi connectivity index (χ3n) is 5.26. The van der Waals surface area contributed by atoms with Crippen molar-refractivity contribution in [3.05, 3.63) is 124 Å². The Hall–Kier alpha value is -3.84. The van der Waals surface area contributed by atoms with Crippen LogP contribution in [0.5, 0.6) is 0 Å². The number of rotatable bonds is 5. The van der Waals surface area contributed by atoms with E-state index in [0.717, 1.165) is 11.3 Å². The van der Waals surface area contributed by atoms with Gasteiger partial charge in [0.15, 0.2) is 0 Å². The number of nitrogen functional groups attached to an aromatic ring is 1. The van der Waals surface area contributed by atoms with Crippen LogP contribution in [0.1, 0.15) is 33.4 Å². The van der Waals surface area contributed by atoms with Crippen LogP contribution in [-0.2, 0) is 0 Å². The van der Waals surface area contributed by atoms with Crippen molar-refractivity contribution < 1.29 is 0 Å². The van der Waals surface area contributed by atoms with Crippen LogP contribution >= 0.6 is 0 Å². The second kappa shape index (κ2) is 9.32. The molecule has 1 nitrogen and oxygen atoms in total. The predicted octanol–water partition coefficient (Wildman–Crippen LogP) is 7.89. The molecule has 0 aromatic heterocycles. The van der Waals surface area contributed by atoms with E-state index in [1.54, 1.807) is 0 Å². The van der Waals surface area contributed by atoms with Gasteiger partial charge in [0, 0.05) is 5.69 Å². The summed E-state index contributed by atoms with van der Waals surface area (Å²) in [5, 5.41) is 0. The van der Waals surface area contributed by atoms with E-state index in [9.17, 15) is 0 Å². The number of hydrogen-bond acceptors (Lipinski definition) is 1. The molecule has 0 aliphatic rings. The summed E-state index contributed by atoms with van der Waals surface area (Å²) in [5.41, 5.74) is 16.3. The zero-order valence-corrected chi connectivity index (χ0v) is 18.0. The van der Waals surface area contributed by atoms with Crippen molar-refractivity contribution >= 4 is 30.0 Å². The van der Waals surface area contributed by atoms with Crippen molar-refractivity contribution in [3.63, 3.8) is 0 Å². The van der Waals surface area contributed by atoms with Gasteiger partial charge in [-0.2, -0.15) is 0 Å². The van der Waals surface area contributed by atoms with Gasteiger partial charge < -0.3 is 5.73 Å². The SMILES string of the molecule is Cc1cccc(/C=C/c2ccc(-c3ccc(/C=C/c4cc(C)cc(N)c4)cc3)cc2)c1. The molecule has 0 saturated heterocycles. The van der Waals surface area contributed by atoms with Crippen LogP contribution < -0.4 is 5.73 Å². The Morgan fingerprint density at radius 1 is 0.484 bits per heavy atom. The molecule has 31 heavy (non-hydrogen) atoms. The van der Waals surface area contributed by atoms with Gasteiger partial charge in [-0.05, 0) is 64.9 Å². The van der Waals surface area contributed by atoms with Crippen LogP contribution in [0.2, 0.25) is 0 Å². The normalized spacial score (nSPS) is 11.4. The zero-order valence-electron chi connectivity index (χ0n) is 18.0. The van der Waals surface area contributed by atoms with Crippen molar-refractivity contribution in [2.45, 2.75) is 13.8 Å². The Kier molecular flexibility index (Phi) is 6.14. The van der Waals surface area contributed by atoms with Crippen LogP contribution in [0, 0.1) is 13.8 Å². The van der Waals surface area contributed by atoms with Crippen LogP contribution in [0.15, 0.2) is 91.0 Å². The van der Waals surface area contributed by atoms with E-state index in [2.05, 4.69) is 117 Å². The van der Waals surface area contributed by atoms with Gasteiger partial charge in [-0.1, -0.05) is 109 Å². The summed E-state index contributed by atoms with van der Waals surface area (Å²) in [4.78, 5) is 0. The first-order valence-corrected chi connectivity index (χ1v) is 10.6. The quantitative estimate of drug-likeness (QED) is 0.267. The number of nitrogens with two attached hydrogens (primary N) is 1. The first-order chi connectivity index (χ1) is 15.0. The molecule has 2 N–H and O–H groups in total. The second-order valence-electron chi connectivity index (χ2n) is 8.00. The fraction of sp³-hybridized carbons (Fsp3) is 0.0667. The van der Waals surface area contributed by atoms with E-state index in [-0.39, 0.29) is 0 Å². The summed E-state index contributed by atoms with van der Waals surface area (Å²) in [7, 11) is 0. The first kappa shape index (κ1) is 20.4. The Balaban J connectivity index is 1.44. The molecule has 152 valence electrons. The summed E-state index contributed by atoms with van der Waals surface area (Å²) < 4.78 is 0. The molecule has 0 saturated carbocycles. The molecular formula is C30H27N. The van der Waals surface area contributed by atoms with Gasteiger partial charge in [-0.25, -0.2) is 0 Å². The maximum absolute atomic E-state index is 5.94. The van der Waals surface area contributed by atoms with E-state index in [1.807, 2.05) is 12.1 Å². The molecule has 4 aromatic rings. The van der Waals surface area contributed by atoms with E-state index < -0.39 is 0 Å². The van der Waals surface area contributed by atoms with Gasteiger partial charge in [-0.15, -0.1) is 0 Å². The maximum Gasteiger partial charge on any atom is 0.0322 e. The lowest BCUT2D eigenvalue weighted by Crippen LogP contribution is -1.86. The van der Waals surface area contributed by atoms with Gasteiger partial charge in [0.2, 0.25) is 0 Å². The average Bonchev–Trinajstić information content (AvgIpc) is 2.77. The van der Waals surface area contributed by atoms with Crippen molar-refractivity contribution in [3.8, 4) is 11.1 Å². The van der Waals surface area contributed by atoms with Gasteiger partial charge in [0.1, 0.15) is 0 Å². The number of aryl methyl sites for hydroxylation is 2. The van der Waals surface area contributed by atoms with E-state index in [1.165, 1.54) is 38.9 Å². The molecular weight excluding hydrogens is 374 g/mol.